The molecule has 0 aliphatic carbocycles. The lowest BCUT2D eigenvalue weighted by Gasteiger charge is -2.27. The second-order valence-corrected chi connectivity index (χ2v) is 6.41. The predicted octanol–water partition coefficient (Wildman–Crippen LogP) is 2.62. The average Bonchev–Trinajstić information content (AvgIpc) is 2.93. The molecule has 5 heteroatoms. The van der Waals surface area contributed by atoms with E-state index < -0.39 is 0 Å². The Morgan fingerprint density at radius 2 is 2.22 bits per heavy atom. The van der Waals surface area contributed by atoms with Crippen molar-refractivity contribution in [2.24, 2.45) is 5.92 Å². The minimum Gasteiger partial charge on any atom is -0.308 e. The maximum atomic E-state index is 4.40. The van der Waals surface area contributed by atoms with Gasteiger partial charge in [0.25, 0.3) is 0 Å². The van der Waals surface area contributed by atoms with Crippen LogP contribution in [0.1, 0.15) is 30.6 Å². The number of rotatable bonds is 2. The maximum Gasteiger partial charge on any atom is 0.174 e. The molecule has 0 radical (unpaired) electrons. The van der Waals surface area contributed by atoms with E-state index in [0.717, 1.165) is 24.7 Å². The quantitative estimate of drug-likeness (QED) is 0.904. The highest BCUT2D eigenvalue weighted by atomic mass is 32.1. The molecule has 0 fully saturated rings. The highest BCUT2D eigenvalue weighted by Gasteiger charge is 2.27. The van der Waals surface area contributed by atoms with Gasteiger partial charge in [-0.25, -0.2) is 0 Å². The van der Waals surface area contributed by atoms with E-state index >= 15 is 0 Å². The lowest BCUT2D eigenvalue weighted by atomic mass is 10.0. The Bertz CT molecular complexity index is 555. The van der Waals surface area contributed by atoms with Gasteiger partial charge < -0.3 is 9.88 Å². The Balaban J connectivity index is 2.04. The molecule has 1 N–H and O–H groups in total. The molecule has 3 heterocycles. The first-order valence-electron chi connectivity index (χ1n) is 6.40. The van der Waals surface area contributed by atoms with Crippen LogP contribution in [0, 0.1) is 12.8 Å². The maximum absolute atomic E-state index is 4.40. The number of aryl methyl sites for hydroxylation is 1. The Hall–Kier alpha value is -1.20. The van der Waals surface area contributed by atoms with Crippen molar-refractivity contribution in [2.75, 3.05) is 6.54 Å². The first-order chi connectivity index (χ1) is 8.66. The van der Waals surface area contributed by atoms with Crippen LogP contribution in [0.3, 0.4) is 0 Å². The number of thiophene rings is 1. The zero-order valence-electron chi connectivity index (χ0n) is 11.0. The van der Waals surface area contributed by atoms with E-state index in [1.165, 1.54) is 9.75 Å². The predicted molar refractivity (Wildman–Crippen MR) is 73.7 cm³/mol. The molecule has 1 unspecified atom stereocenters. The minimum atomic E-state index is 0.320. The van der Waals surface area contributed by atoms with Crippen molar-refractivity contribution >= 4 is 11.3 Å². The first kappa shape index (κ1) is 11.9. The van der Waals surface area contributed by atoms with E-state index in [1.807, 2.05) is 0 Å². The van der Waals surface area contributed by atoms with E-state index in [2.05, 4.69) is 53.0 Å². The van der Waals surface area contributed by atoms with Crippen LogP contribution >= 0.6 is 11.3 Å². The monoisotopic (exact) mass is 262 g/mol. The average molecular weight is 262 g/mol. The van der Waals surface area contributed by atoms with Crippen LogP contribution in [0.25, 0.3) is 10.7 Å². The summed E-state index contributed by atoms with van der Waals surface area (Å²) in [5.74, 6) is 2.64. The summed E-state index contributed by atoms with van der Waals surface area (Å²) < 4.78 is 2.27. The van der Waals surface area contributed by atoms with Crippen LogP contribution in [0.2, 0.25) is 0 Å². The molecule has 0 spiro atoms. The molecule has 1 aliphatic heterocycles. The Labute approximate surface area is 111 Å². The van der Waals surface area contributed by atoms with Crippen LogP contribution in [0.5, 0.6) is 0 Å². The fourth-order valence-corrected chi connectivity index (χ4v) is 3.32. The topological polar surface area (TPSA) is 42.7 Å². The molecular formula is C13H18N4S. The Morgan fingerprint density at radius 1 is 1.39 bits per heavy atom. The zero-order chi connectivity index (χ0) is 12.7. The van der Waals surface area contributed by atoms with Gasteiger partial charge in [0, 0.05) is 18.0 Å². The van der Waals surface area contributed by atoms with Gasteiger partial charge in [0.2, 0.25) is 0 Å². The molecule has 1 aliphatic rings. The van der Waals surface area contributed by atoms with Crippen LogP contribution in [-0.2, 0) is 6.54 Å². The van der Waals surface area contributed by atoms with E-state index in [-0.39, 0.29) is 0 Å². The molecule has 3 rings (SSSR count). The van der Waals surface area contributed by atoms with Gasteiger partial charge in [-0.3, -0.25) is 0 Å². The Kier molecular flexibility index (Phi) is 2.95. The van der Waals surface area contributed by atoms with Crippen LogP contribution in [0.15, 0.2) is 12.1 Å². The van der Waals surface area contributed by atoms with Crippen molar-refractivity contribution in [2.45, 2.75) is 33.4 Å². The molecule has 0 bridgehead atoms. The van der Waals surface area contributed by atoms with Crippen molar-refractivity contribution in [1.29, 1.82) is 0 Å². The number of nitrogens with one attached hydrogen (secondary N) is 1. The number of hydrogen-bond acceptors (Lipinski definition) is 4. The SMILES string of the molecule is Cc1ccc(-c2nnc3n2CCNC3C(C)C)s1. The standard InChI is InChI=1S/C13H18N4S/c1-8(2)11-13-16-15-12(17(13)7-6-14-11)10-5-4-9(3)18-10/h4-5,8,11,14H,6-7H2,1-3H3. The van der Waals surface area contributed by atoms with Gasteiger partial charge in [-0.1, -0.05) is 13.8 Å². The molecule has 18 heavy (non-hydrogen) atoms. The van der Waals surface area contributed by atoms with Crippen molar-refractivity contribution in [1.82, 2.24) is 20.1 Å². The van der Waals surface area contributed by atoms with E-state index in [4.69, 9.17) is 0 Å². The van der Waals surface area contributed by atoms with Gasteiger partial charge in [-0.2, -0.15) is 0 Å². The van der Waals surface area contributed by atoms with Gasteiger partial charge in [0.1, 0.15) is 0 Å². The summed E-state index contributed by atoms with van der Waals surface area (Å²) in [6, 6.07) is 4.60. The molecule has 0 aromatic carbocycles. The zero-order valence-corrected chi connectivity index (χ0v) is 11.8. The second-order valence-electron chi connectivity index (χ2n) is 5.12. The van der Waals surface area contributed by atoms with Crippen LogP contribution in [-0.4, -0.2) is 21.3 Å². The molecule has 2 aromatic rings. The third-order valence-corrected chi connectivity index (χ3v) is 4.38. The number of hydrogen-bond donors (Lipinski definition) is 1. The molecular weight excluding hydrogens is 244 g/mol. The summed E-state index contributed by atoms with van der Waals surface area (Å²) in [5.41, 5.74) is 0. The number of nitrogens with zero attached hydrogens (tertiary/aromatic N) is 3. The third-order valence-electron chi connectivity index (χ3n) is 3.38. The highest BCUT2D eigenvalue weighted by molar-refractivity contribution is 7.15. The summed E-state index contributed by atoms with van der Waals surface area (Å²) in [6.07, 6.45) is 0. The third kappa shape index (κ3) is 1.87. The molecule has 4 nitrogen and oxygen atoms in total. The summed E-state index contributed by atoms with van der Waals surface area (Å²) in [6.45, 7) is 8.51. The largest absolute Gasteiger partial charge is 0.308 e. The molecule has 0 saturated heterocycles. The van der Waals surface area contributed by atoms with Gasteiger partial charge in [0.15, 0.2) is 11.6 Å². The number of fused-ring (bicyclic) bond motifs is 1. The normalized spacial score (nSPS) is 19.2. The highest BCUT2D eigenvalue weighted by Crippen LogP contribution is 2.31. The second kappa shape index (κ2) is 4.48. The molecule has 2 aromatic heterocycles. The van der Waals surface area contributed by atoms with Gasteiger partial charge >= 0.3 is 0 Å². The summed E-state index contributed by atoms with van der Waals surface area (Å²) in [5, 5.41) is 12.3. The Morgan fingerprint density at radius 3 is 2.89 bits per heavy atom. The fourth-order valence-electron chi connectivity index (χ4n) is 2.46. The van der Waals surface area contributed by atoms with Crippen LogP contribution < -0.4 is 5.32 Å². The van der Waals surface area contributed by atoms with Gasteiger partial charge in [-0.05, 0) is 25.0 Å². The first-order valence-corrected chi connectivity index (χ1v) is 7.22. The fraction of sp³-hybridized carbons (Fsp3) is 0.538. The summed E-state index contributed by atoms with van der Waals surface area (Å²) in [4.78, 5) is 2.53. The van der Waals surface area contributed by atoms with Gasteiger partial charge in [0.05, 0.1) is 10.9 Å². The van der Waals surface area contributed by atoms with E-state index in [0.29, 0.717) is 12.0 Å². The lowest BCUT2D eigenvalue weighted by Crippen LogP contribution is -2.36. The van der Waals surface area contributed by atoms with E-state index in [9.17, 15) is 0 Å². The van der Waals surface area contributed by atoms with Crippen molar-refractivity contribution in [3.8, 4) is 10.7 Å². The number of aromatic nitrogens is 3. The van der Waals surface area contributed by atoms with Crippen molar-refractivity contribution in [3.05, 3.63) is 22.8 Å². The summed E-state index contributed by atoms with van der Waals surface area (Å²) >= 11 is 1.78. The lowest BCUT2D eigenvalue weighted by molar-refractivity contribution is 0.339. The minimum absolute atomic E-state index is 0.320. The molecule has 0 saturated carbocycles. The van der Waals surface area contributed by atoms with Crippen LogP contribution in [0.4, 0.5) is 0 Å². The summed E-state index contributed by atoms with van der Waals surface area (Å²) in [7, 11) is 0. The van der Waals surface area contributed by atoms with Crippen molar-refractivity contribution < 1.29 is 0 Å². The van der Waals surface area contributed by atoms with Gasteiger partial charge in [-0.15, -0.1) is 21.5 Å². The smallest absolute Gasteiger partial charge is 0.174 e. The van der Waals surface area contributed by atoms with E-state index in [1.54, 1.807) is 11.3 Å². The molecule has 96 valence electrons. The molecule has 0 amide bonds. The van der Waals surface area contributed by atoms with Crippen molar-refractivity contribution in [3.63, 3.8) is 0 Å². The molecule has 1 atom stereocenters.